The van der Waals surface area contributed by atoms with E-state index in [4.69, 9.17) is 4.74 Å². The lowest BCUT2D eigenvalue weighted by Gasteiger charge is -2.14. The number of hydrogen-bond donors (Lipinski definition) is 1. The van der Waals surface area contributed by atoms with Crippen molar-refractivity contribution in [2.45, 2.75) is 52.7 Å². The van der Waals surface area contributed by atoms with Crippen LogP contribution in [0.25, 0.3) is 0 Å². The zero-order chi connectivity index (χ0) is 12.9. The number of aromatic nitrogens is 1. The molecule has 3 nitrogen and oxygen atoms in total. The van der Waals surface area contributed by atoms with E-state index in [9.17, 15) is 0 Å². The second kappa shape index (κ2) is 6.47. The van der Waals surface area contributed by atoms with Crippen LogP contribution in [-0.4, -0.2) is 24.2 Å². The molecule has 0 saturated carbocycles. The van der Waals surface area contributed by atoms with Gasteiger partial charge in [-0.1, -0.05) is 20.8 Å². The Kier molecular flexibility index (Phi) is 5.56. The molecule has 4 heteroatoms. The molecule has 1 rings (SSSR count). The first-order chi connectivity index (χ1) is 7.89. The fourth-order valence-electron chi connectivity index (χ4n) is 1.30. The Morgan fingerprint density at radius 2 is 2.12 bits per heavy atom. The van der Waals surface area contributed by atoms with Gasteiger partial charge in [0, 0.05) is 23.9 Å². The lowest BCUT2D eigenvalue weighted by Crippen LogP contribution is -2.21. The van der Waals surface area contributed by atoms with E-state index in [1.54, 1.807) is 11.3 Å². The van der Waals surface area contributed by atoms with E-state index >= 15 is 0 Å². The zero-order valence-corrected chi connectivity index (χ0v) is 12.4. The predicted octanol–water partition coefficient (Wildman–Crippen LogP) is 2.96. The lowest BCUT2D eigenvalue weighted by atomic mass is 9.93. The Hall–Kier alpha value is -0.450. The van der Waals surface area contributed by atoms with Gasteiger partial charge < -0.3 is 10.1 Å². The molecular weight excluding hydrogens is 232 g/mol. The highest BCUT2D eigenvalue weighted by molar-refractivity contribution is 7.09. The van der Waals surface area contributed by atoms with E-state index in [0.717, 1.165) is 24.7 Å². The molecule has 98 valence electrons. The smallest absolute Gasteiger partial charge is 0.107 e. The van der Waals surface area contributed by atoms with E-state index in [1.165, 1.54) is 5.69 Å². The molecule has 0 amide bonds. The monoisotopic (exact) mass is 256 g/mol. The van der Waals surface area contributed by atoms with E-state index in [2.05, 4.69) is 50.3 Å². The van der Waals surface area contributed by atoms with Crippen molar-refractivity contribution in [2.75, 3.05) is 13.2 Å². The summed E-state index contributed by atoms with van der Waals surface area (Å²) >= 11 is 1.73. The number of nitrogens with one attached hydrogen (secondary N) is 1. The third-order valence-corrected chi connectivity index (χ3v) is 3.18. The minimum absolute atomic E-state index is 0.148. The van der Waals surface area contributed by atoms with Crippen LogP contribution in [0.4, 0.5) is 0 Å². The summed E-state index contributed by atoms with van der Waals surface area (Å²) < 4.78 is 5.46. The first-order valence-corrected chi connectivity index (χ1v) is 7.05. The largest absolute Gasteiger partial charge is 0.377 e. The normalized spacial score (nSPS) is 12.4. The van der Waals surface area contributed by atoms with Gasteiger partial charge in [-0.15, -0.1) is 11.3 Å². The molecule has 1 aromatic heterocycles. The third kappa shape index (κ3) is 5.61. The maximum Gasteiger partial charge on any atom is 0.107 e. The van der Waals surface area contributed by atoms with Gasteiger partial charge in [0.2, 0.25) is 0 Å². The summed E-state index contributed by atoms with van der Waals surface area (Å²) in [6, 6.07) is 0. The van der Waals surface area contributed by atoms with Crippen molar-refractivity contribution in [2.24, 2.45) is 0 Å². The predicted molar refractivity (Wildman–Crippen MR) is 73.6 cm³/mol. The summed E-state index contributed by atoms with van der Waals surface area (Å²) in [6.07, 6.45) is 0.309. The van der Waals surface area contributed by atoms with Gasteiger partial charge in [0.05, 0.1) is 18.4 Å². The molecule has 17 heavy (non-hydrogen) atoms. The number of rotatable bonds is 6. The first-order valence-electron chi connectivity index (χ1n) is 6.17. The Bertz CT molecular complexity index is 328. The molecular formula is C13H24N2OS. The maximum atomic E-state index is 5.46. The van der Waals surface area contributed by atoms with Crippen LogP contribution < -0.4 is 5.32 Å². The van der Waals surface area contributed by atoms with Crippen LogP contribution in [0, 0.1) is 0 Å². The Labute approximate surface area is 109 Å². The standard InChI is InChI=1S/C13H24N2OS/c1-10(2)16-7-6-14-8-12-15-11(9-17-12)13(3,4)5/h9-10,14H,6-8H2,1-5H3. The van der Waals surface area contributed by atoms with Crippen molar-refractivity contribution in [3.8, 4) is 0 Å². The second-order valence-electron chi connectivity index (χ2n) is 5.47. The molecule has 0 aromatic carbocycles. The minimum atomic E-state index is 0.148. The van der Waals surface area contributed by atoms with Crippen molar-refractivity contribution in [1.29, 1.82) is 0 Å². The van der Waals surface area contributed by atoms with Gasteiger partial charge in [-0.25, -0.2) is 4.98 Å². The van der Waals surface area contributed by atoms with Gasteiger partial charge in [-0.2, -0.15) is 0 Å². The van der Waals surface area contributed by atoms with Crippen molar-refractivity contribution >= 4 is 11.3 Å². The number of nitrogens with zero attached hydrogens (tertiary/aromatic N) is 1. The first kappa shape index (κ1) is 14.6. The summed E-state index contributed by atoms with van der Waals surface area (Å²) in [4.78, 5) is 4.63. The molecule has 1 aromatic rings. The van der Waals surface area contributed by atoms with Crippen LogP contribution >= 0.6 is 11.3 Å². The van der Waals surface area contributed by atoms with Crippen molar-refractivity contribution in [3.05, 3.63) is 16.1 Å². The fraction of sp³-hybridized carbons (Fsp3) is 0.769. The highest BCUT2D eigenvalue weighted by Gasteiger charge is 2.16. The molecule has 0 unspecified atom stereocenters. The van der Waals surface area contributed by atoms with Gasteiger partial charge >= 0.3 is 0 Å². The summed E-state index contributed by atoms with van der Waals surface area (Å²) in [5, 5.41) is 6.65. The molecule has 0 aliphatic rings. The highest BCUT2D eigenvalue weighted by Crippen LogP contribution is 2.23. The molecule has 0 bridgehead atoms. The average Bonchev–Trinajstić information content (AvgIpc) is 2.64. The van der Waals surface area contributed by atoms with Gasteiger partial charge in [-0.05, 0) is 13.8 Å². The number of hydrogen-bond acceptors (Lipinski definition) is 4. The van der Waals surface area contributed by atoms with Crippen LogP contribution in [0.15, 0.2) is 5.38 Å². The van der Waals surface area contributed by atoms with Crippen LogP contribution in [-0.2, 0) is 16.7 Å². The van der Waals surface area contributed by atoms with Gasteiger partial charge in [-0.3, -0.25) is 0 Å². The summed E-state index contributed by atoms with van der Waals surface area (Å²) in [5.41, 5.74) is 1.33. The molecule has 0 fully saturated rings. The molecule has 0 radical (unpaired) electrons. The molecule has 0 spiro atoms. The van der Waals surface area contributed by atoms with Crippen LogP contribution in [0.3, 0.4) is 0 Å². The van der Waals surface area contributed by atoms with Gasteiger partial charge in [0.1, 0.15) is 5.01 Å². The van der Waals surface area contributed by atoms with Crippen molar-refractivity contribution < 1.29 is 4.74 Å². The quantitative estimate of drug-likeness (QED) is 0.795. The van der Waals surface area contributed by atoms with Crippen LogP contribution in [0.5, 0.6) is 0 Å². The Morgan fingerprint density at radius 3 is 2.65 bits per heavy atom. The van der Waals surface area contributed by atoms with E-state index in [1.807, 2.05) is 0 Å². The average molecular weight is 256 g/mol. The van der Waals surface area contributed by atoms with Crippen LogP contribution in [0.2, 0.25) is 0 Å². The summed E-state index contributed by atoms with van der Waals surface area (Å²) in [7, 11) is 0. The van der Waals surface area contributed by atoms with Crippen LogP contribution in [0.1, 0.15) is 45.3 Å². The minimum Gasteiger partial charge on any atom is -0.377 e. The Morgan fingerprint density at radius 1 is 1.41 bits per heavy atom. The molecule has 0 aliphatic heterocycles. The van der Waals surface area contributed by atoms with E-state index in [0.29, 0.717) is 6.10 Å². The number of thiazole rings is 1. The second-order valence-corrected chi connectivity index (χ2v) is 6.42. The van der Waals surface area contributed by atoms with Crippen molar-refractivity contribution in [1.82, 2.24) is 10.3 Å². The SMILES string of the molecule is CC(C)OCCNCc1nc(C(C)(C)C)cs1. The van der Waals surface area contributed by atoms with E-state index in [-0.39, 0.29) is 5.41 Å². The Balaban J connectivity index is 2.26. The number of ether oxygens (including phenoxy) is 1. The molecule has 1 N–H and O–H groups in total. The maximum absolute atomic E-state index is 5.46. The summed E-state index contributed by atoms with van der Waals surface area (Å²) in [6.45, 7) is 13.1. The van der Waals surface area contributed by atoms with Crippen molar-refractivity contribution in [3.63, 3.8) is 0 Å². The molecule has 0 saturated heterocycles. The topological polar surface area (TPSA) is 34.1 Å². The van der Waals surface area contributed by atoms with E-state index < -0.39 is 0 Å². The fourth-order valence-corrected chi connectivity index (χ4v) is 2.29. The van der Waals surface area contributed by atoms with Gasteiger partial charge in [0.15, 0.2) is 0 Å². The molecule has 0 aliphatic carbocycles. The van der Waals surface area contributed by atoms with Gasteiger partial charge in [0.25, 0.3) is 0 Å². The zero-order valence-electron chi connectivity index (χ0n) is 11.5. The third-order valence-electron chi connectivity index (χ3n) is 2.33. The lowest BCUT2D eigenvalue weighted by molar-refractivity contribution is 0.0807. The highest BCUT2D eigenvalue weighted by atomic mass is 32.1. The summed E-state index contributed by atoms with van der Waals surface area (Å²) in [5.74, 6) is 0. The molecule has 1 heterocycles. The molecule has 0 atom stereocenters.